The van der Waals surface area contributed by atoms with Gasteiger partial charge in [-0.15, -0.1) is 11.3 Å². The Morgan fingerprint density at radius 1 is 1.29 bits per heavy atom. The lowest BCUT2D eigenvalue weighted by molar-refractivity contribution is 0.102. The smallest absolute Gasteiger partial charge is 0.187 e. The third-order valence-corrected chi connectivity index (χ3v) is 5.37. The summed E-state index contributed by atoms with van der Waals surface area (Å²) in [6.45, 7) is 3.86. The molecule has 0 aromatic carbocycles. The van der Waals surface area contributed by atoms with Gasteiger partial charge in [-0.25, -0.2) is 4.98 Å². The van der Waals surface area contributed by atoms with Crippen LogP contribution in [0.2, 0.25) is 0 Å². The minimum atomic E-state index is 0.139. The Bertz CT molecular complexity index is 520. The van der Waals surface area contributed by atoms with E-state index < -0.39 is 0 Å². The van der Waals surface area contributed by atoms with Gasteiger partial charge >= 0.3 is 0 Å². The lowest BCUT2D eigenvalue weighted by atomic mass is 10.1. The van der Waals surface area contributed by atoms with Gasteiger partial charge in [-0.05, 0) is 32.3 Å². The van der Waals surface area contributed by atoms with E-state index in [0.29, 0.717) is 0 Å². The number of nitrogens with zero attached hydrogens (tertiary/aromatic N) is 2. The molecule has 0 amide bonds. The normalized spacial score (nSPS) is 16.6. The molecule has 0 N–H and O–H groups in total. The maximum absolute atomic E-state index is 11.3. The fourth-order valence-corrected chi connectivity index (χ4v) is 4.28. The summed E-state index contributed by atoms with van der Waals surface area (Å²) in [4.78, 5) is 20.1. The number of hydrogen-bond donors (Lipinski definition) is 0. The van der Waals surface area contributed by atoms with Crippen molar-refractivity contribution in [2.24, 2.45) is 0 Å². The number of thiophene rings is 1. The van der Waals surface area contributed by atoms with Crippen LogP contribution in [0.1, 0.15) is 35.9 Å². The average Bonchev–Trinajstić information content (AvgIpc) is 2.87. The molecule has 0 unspecified atom stereocenters. The van der Waals surface area contributed by atoms with E-state index in [-0.39, 0.29) is 5.78 Å². The first kappa shape index (κ1) is 11.2. The number of aromatic nitrogens is 1. The van der Waals surface area contributed by atoms with E-state index in [9.17, 15) is 4.79 Å². The van der Waals surface area contributed by atoms with Crippen molar-refractivity contribution in [2.45, 2.75) is 26.2 Å². The van der Waals surface area contributed by atoms with Crippen LogP contribution in [0.3, 0.4) is 0 Å². The SMILES string of the molecule is CC(=O)c1cc2sc(N3CCCCC3)nc2s1. The largest absolute Gasteiger partial charge is 0.348 e. The number of ketones is 1. The van der Waals surface area contributed by atoms with Gasteiger partial charge in [0.1, 0.15) is 4.83 Å². The van der Waals surface area contributed by atoms with Crippen LogP contribution >= 0.6 is 22.7 Å². The molecule has 2 aromatic heterocycles. The van der Waals surface area contributed by atoms with Crippen molar-refractivity contribution in [3.05, 3.63) is 10.9 Å². The highest BCUT2D eigenvalue weighted by Crippen LogP contribution is 2.35. The Morgan fingerprint density at radius 2 is 2.06 bits per heavy atom. The number of thiazole rings is 1. The van der Waals surface area contributed by atoms with Crippen molar-refractivity contribution in [1.29, 1.82) is 0 Å². The highest BCUT2D eigenvalue weighted by atomic mass is 32.1. The molecule has 1 aliphatic heterocycles. The van der Waals surface area contributed by atoms with Crippen LogP contribution in [0.25, 0.3) is 9.53 Å². The molecule has 0 spiro atoms. The zero-order valence-corrected chi connectivity index (χ0v) is 11.4. The van der Waals surface area contributed by atoms with Gasteiger partial charge in [0.05, 0.1) is 9.58 Å². The number of anilines is 1. The summed E-state index contributed by atoms with van der Waals surface area (Å²) in [5.74, 6) is 0.139. The van der Waals surface area contributed by atoms with E-state index in [1.54, 1.807) is 18.3 Å². The Kier molecular flexibility index (Phi) is 2.88. The van der Waals surface area contributed by atoms with Crippen LogP contribution in [0.15, 0.2) is 6.07 Å². The summed E-state index contributed by atoms with van der Waals surface area (Å²) < 4.78 is 1.15. The fourth-order valence-electron chi connectivity index (χ4n) is 2.12. The summed E-state index contributed by atoms with van der Waals surface area (Å²) in [6.07, 6.45) is 3.88. The third-order valence-electron chi connectivity index (χ3n) is 3.05. The molecule has 5 heteroatoms. The second-order valence-electron chi connectivity index (χ2n) is 4.38. The minimum absolute atomic E-state index is 0.139. The predicted octanol–water partition coefficient (Wildman–Crippen LogP) is 3.55. The van der Waals surface area contributed by atoms with Gasteiger partial charge in [0.2, 0.25) is 0 Å². The van der Waals surface area contributed by atoms with Crippen LogP contribution in [0, 0.1) is 0 Å². The topological polar surface area (TPSA) is 33.2 Å². The molecule has 0 bridgehead atoms. The van der Waals surface area contributed by atoms with Crippen LogP contribution in [0.5, 0.6) is 0 Å². The molecule has 1 fully saturated rings. The van der Waals surface area contributed by atoms with Gasteiger partial charge in [0.15, 0.2) is 10.9 Å². The van der Waals surface area contributed by atoms with Crippen LogP contribution in [-0.4, -0.2) is 23.9 Å². The van der Waals surface area contributed by atoms with Gasteiger partial charge in [-0.1, -0.05) is 11.3 Å². The van der Waals surface area contributed by atoms with Crippen molar-refractivity contribution >= 4 is 43.1 Å². The molecule has 1 aliphatic rings. The van der Waals surface area contributed by atoms with Crippen LogP contribution in [0.4, 0.5) is 5.13 Å². The molecule has 0 saturated carbocycles. The van der Waals surface area contributed by atoms with E-state index in [4.69, 9.17) is 0 Å². The number of Topliss-reactive ketones (excluding diaryl/α,β-unsaturated/α-hetero) is 1. The first-order chi connectivity index (χ1) is 8.24. The molecule has 0 aliphatic carbocycles. The lowest BCUT2D eigenvalue weighted by Gasteiger charge is -2.25. The Balaban J connectivity index is 1.91. The molecule has 17 heavy (non-hydrogen) atoms. The lowest BCUT2D eigenvalue weighted by Crippen LogP contribution is -2.29. The minimum Gasteiger partial charge on any atom is -0.348 e. The molecule has 90 valence electrons. The number of carbonyl (C=O) groups is 1. The number of fused-ring (bicyclic) bond motifs is 1. The van der Waals surface area contributed by atoms with E-state index in [2.05, 4.69) is 9.88 Å². The molecular formula is C12H14N2OS2. The Hall–Kier alpha value is -0.940. The first-order valence-corrected chi connectivity index (χ1v) is 7.53. The predicted molar refractivity (Wildman–Crippen MR) is 73.6 cm³/mol. The maximum Gasteiger partial charge on any atom is 0.187 e. The molecule has 0 radical (unpaired) electrons. The average molecular weight is 266 g/mol. The van der Waals surface area contributed by atoms with Crippen molar-refractivity contribution in [2.75, 3.05) is 18.0 Å². The van der Waals surface area contributed by atoms with Crippen molar-refractivity contribution in [3.63, 3.8) is 0 Å². The van der Waals surface area contributed by atoms with E-state index in [0.717, 1.165) is 32.6 Å². The summed E-state index contributed by atoms with van der Waals surface area (Å²) in [5.41, 5.74) is 0. The highest BCUT2D eigenvalue weighted by Gasteiger charge is 2.17. The Labute approximate surface area is 108 Å². The summed E-state index contributed by atoms with van der Waals surface area (Å²) >= 11 is 3.23. The molecular weight excluding hydrogens is 252 g/mol. The molecule has 3 rings (SSSR count). The number of hydrogen-bond acceptors (Lipinski definition) is 5. The van der Waals surface area contributed by atoms with Gasteiger partial charge in [-0.2, -0.15) is 0 Å². The number of carbonyl (C=O) groups excluding carboxylic acids is 1. The highest BCUT2D eigenvalue weighted by molar-refractivity contribution is 7.29. The second-order valence-corrected chi connectivity index (χ2v) is 6.42. The van der Waals surface area contributed by atoms with Crippen LogP contribution in [-0.2, 0) is 0 Å². The second kappa shape index (κ2) is 4.38. The van der Waals surface area contributed by atoms with Gasteiger partial charge < -0.3 is 4.90 Å². The summed E-state index contributed by atoms with van der Waals surface area (Å²) in [5, 5.41) is 1.13. The Morgan fingerprint density at radius 3 is 2.71 bits per heavy atom. The molecule has 3 heterocycles. The van der Waals surface area contributed by atoms with Crippen LogP contribution < -0.4 is 4.90 Å². The quantitative estimate of drug-likeness (QED) is 0.779. The van der Waals surface area contributed by atoms with Gasteiger partial charge in [0, 0.05) is 13.1 Å². The van der Waals surface area contributed by atoms with E-state index >= 15 is 0 Å². The van der Waals surface area contributed by atoms with E-state index in [1.807, 2.05) is 6.07 Å². The number of rotatable bonds is 2. The molecule has 2 aromatic rings. The monoisotopic (exact) mass is 266 g/mol. The summed E-state index contributed by atoms with van der Waals surface area (Å²) in [6, 6.07) is 1.98. The van der Waals surface area contributed by atoms with Crippen molar-refractivity contribution < 1.29 is 4.79 Å². The van der Waals surface area contributed by atoms with Gasteiger partial charge in [0.25, 0.3) is 0 Å². The zero-order chi connectivity index (χ0) is 11.8. The maximum atomic E-state index is 11.3. The third kappa shape index (κ3) is 2.09. The van der Waals surface area contributed by atoms with Crippen molar-refractivity contribution in [1.82, 2.24) is 4.98 Å². The fraction of sp³-hybridized carbons (Fsp3) is 0.500. The molecule has 0 atom stereocenters. The molecule has 1 saturated heterocycles. The standard InChI is InChI=1S/C12H14N2OS2/c1-8(15)9-7-10-11(16-9)13-12(17-10)14-5-3-2-4-6-14/h7H,2-6H2,1H3. The number of piperidine rings is 1. The zero-order valence-electron chi connectivity index (χ0n) is 9.73. The van der Waals surface area contributed by atoms with Gasteiger partial charge in [-0.3, -0.25) is 4.79 Å². The summed E-state index contributed by atoms with van der Waals surface area (Å²) in [7, 11) is 0. The first-order valence-electron chi connectivity index (χ1n) is 5.90. The molecule has 3 nitrogen and oxygen atoms in total. The van der Waals surface area contributed by atoms with Crippen molar-refractivity contribution in [3.8, 4) is 0 Å². The van der Waals surface area contributed by atoms with E-state index in [1.165, 1.54) is 30.6 Å².